The highest BCUT2D eigenvalue weighted by atomic mass is 16.2. The van der Waals surface area contributed by atoms with Gasteiger partial charge in [-0.3, -0.25) is 14.0 Å². The van der Waals surface area contributed by atoms with E-state index in [1.807, 2.05) is 16.7 Å². The molecule has 0 unspecified atom stereocenters. The average molecular weight is 402 g/mol. The minimum atomic E-state index is -0.402. The summed E-state index contributed by atoms with van der Waals surface area (Å²) in [4.78, 5) is 33.5. The molecule has 4 aromatic heterocycles. The Morgan fingerprint density at radius 2 is 1.97 bits per heavy atom. The maximum absolute atomic E-state index is 12.5. The summed E-state index contributed by atoms with van der Waals surface area (Å²) in [5.41, 5.74) is 3.01. The molecule has 1 aliphatic carbocycles. The monoisotopic (exact) mass is 402 g/mol. The summed E-state index contributed by atoms with van der Waals surface area (Å²) in [6.07, 6.45) is 9.43. The zero-order valence-corrected chi connectivity index (χ0v) is 16.4. The molecule has 0 aliphatic heterocycles. The Bertz CT molecular complexity index is 1290. The molecule has 1 aliphatic rings. The lowest BCUT2D eigenvalue weighted by Gasteiger charge is -2.26. The second kappa shape index (κ2) is 7.72. The first kappa shape index (κ1) is 18.5. The number of carbonyl (C=O) groups is 1. The zero-order chi connectivity index (χ0) is 20.5. The third kappa shape index (κ3) is 3.69. The lowest BCUT2D eigenvalue weighted by atomic mass is 9.93. The molecule has 1 saturated carbocycles. The molecule has 4 heterocycles. The largest absolute Gasteiger partial charge is 0.345 e. The summed E-state index contributed by atoms with van der Waals surface area (Å²) < 4.78 is 3.37. The van der Waals surface area contributed by atoms with Crippen LogP contribution in [-0.4, -0.2) is 30.7 Å². The fourth-order valence-corrected chi connectivity index (χ4v) is 3.59. The van der Waals surface area contributed by atoms with Gasteiger partial charge in [0.05, 0.1) is 12.2 Å². The molecule has 0 spiro atoms. The maximum atomic E-state index is 12.5. The highest BCUT2D eigenvalue weighted by Crippen LogP contribution is 2.18. The number of hydrogen-bond donors (Lipinski definition) is 2. The van der Waals surface area contributed by atoms with Gasteiger partial charge in [0.2, 0.25) is 0 Å². The number of nitrogens with zero attached hydrogens (tertiary/aromatic N) is 4. The SMILES string of the molecule is O=C(NCc1cn2cc(CNC3CCC3)ccc2n1)c1cc(=O)n2ccccc2n1. The van der Waals surface area contributed by atoms with E-state index in [1.165, 1.54) is 35.3 Å². The standard InChI is InChI=1S/C22H22N6O2/c29-21-10-18(26-20-6-1-2-9-28(20)21)22(30)24-12-17-14-27-13-15(7-8-19(27)25-17)11-23-16-4-3-5-16/h1-2,6-10,13-14,16,23H,3-5,11-12H2,(H,24,30). The molecule has 0 aromatic carbocycles. The van der Waals surface area contributed by atoms with E-state index < -0.39 is 5.91 Å². The van der Waals surface area contributed by atoms with Crippen LogP contribution in [-0.2, 0) is 13.1 Å². The molecule has 8 heteroatoms. The summed E-state index contributed by atoms with van der Waals surface area (Å²) in [6.45, 7) is 1.10. The van der Waals surface area contributed by atoms with E-state index in [-0.39, 0.29) is 17.8 Å². The third-order valence-corrected chi connectivity index (χ3v) is 5.50. The van der Waals surface area contributed by atoms with E-state index in [2.05, 4.69) is 32.9 Å². The zero-order valence-electron chi connectivity index (χ0n) is 16.4. The Hall–Kier alpha value is -3.52. The summed E-state index contributed by atoms with van der Waals surface area (Å²) in [6, 6.07) is 11.2. The van der Waals surface area contributed by atoms with Crippen molar-refractivity contribution in [2.45, 2.75) is 38.4 Å². The van der Waals surface area contributed by atoms with Crippen LogP contribution in [0.1, 0.15) is 41.0 Å². The molecule has 2 N–H and O–H groups in total. The van der Waals surface area contributed by atoms with Gasteiger partial charge in [-0.25, -0.2) is 9.97 Å². The van der Waals surface area contributed by atoms with Crippen molar-refractivity contribution < 1.29 is 4.79 Å². The van der Waals surface area contributed by atoms with Crippen molar-refractivity contribution in [2.24, 2.45) is 0 Å². The smallest absolute Gasteiger partial charge is 0.270 e. The van der Waals surface area contributed by atoms with E-state index in [1.54, 1.807) is 24.4 Å². The van der Waals surface area contributed by atoms with Crippen LogP contribution in [0, 0.1) is 0 Å². The van der Waals surface area contributed by atoms with E-state index in [0.29, 0.717) is 11.7 Å². The average Bonchev–Trinajstić information content (AvgIpc) is 3.13. The first-order valence-electron chi connectivity index (χ1n) is 10.1. The van der Waals surface area contributed by atoms with Crippen LogP contribution < -0.4 is 16.2 Å². The van der Waals surface area contributed by atoms with Crippen LogP contribution in [0.4, 0.5) is 0 Å². The van der Waals surface area contributed by atoms with E-state index >= 15 is 0 Å². The number of amides is 1. The van der Waals surface area contributed by atoms with Crippen LogP contribution in [0.3, 0.4) is 0 Å². The molecule has 4 aromatic rings. The lowest BCUT2D eigenvalue weighted by molar-refractivity contribution is 0.0945. The van der Waals surface area contributed by atoms with Gasteiger partial charge in [-0.2, -0.15) is 0 Å². The van der Waals surface area contributed by atoms with Gasteiger partial charge in [0, 0.05) is 37.2 Å². The van der Waals surface area contributed by atoms with Gasteiger partial charge < -0.3 is 15.0 Å². The molecule has 0 bridgehead atoms. The summed E-state index contributed by atoms with van der Waals surface area (Å²) in [7, 11) is 0. The van der Waals surface area contributed by atoms with Crippen molar-refractivity contribution in [3.63, 3.8) is 0 Å². The number of pyridine rings is 2. The summed E-state index contributed by atoms with van der Waals surface area (Å²) in [5.74, 6) is -0.402. The van der Waals surface area contributed by atoms with Gasteiger partial charge >= 0.3 is 0 Å². The van der Waals surface area contributed by atoms with Crippen molar-refractivity contribution in [3.05, 3.63) is 82.3 Å². The van der Waals surface area contributed by atoms with E-state index in [0.717, 1.165) is 17.9 Å². The Morgan fingerprint density at radius 3 is 2.80 bits per heavy atom. The molecule has 5 rings (SSSR count). The van der Waals surface area contributed by atoms with Crippen molar-refractivity contribution in [3.8, 4) is 0 Å². The van der Waals surface area contributed by atoms with Gasteiger partial charge in [-0.1, -0.05) is 18.6 Å². The number of imidazole rings is 1. The van der Waals surface area contributed by atoms with Gasteiger partial charge in [-0.15, -0.1) is 0 Å². The number of hydrogen-bond acceptors (Lipinski definition) is 5. The Balaban J connectivity index is 1.27. The molecule has 1 amide bonds. The van der Waals surface area contributed by atoms with Gasteiger partial charge in [0.1, 0.15) is 17.0 Å². The topological polar surface area (TPSA) is 92.8 Å². The van der Waals surface area contributed by atoms with E-state index in [9.17, 15) is 9.59 Å². The molecule has 152 valence electrons. The summed E-state index contributed by atoms with van der Waals surface area (Å²) in [5, 5.41) is 6.36. The number of nitrogens with one attached hydrogen (secondary N) is 2. The van der Waals surface area contributed by atoms with Gasteiger partial charge in [0.15, 0.2) is 0 Å². The van der Waals surface area contributed by atoms with Gasteiger partial charge in [0.25, 0.3) is 11.5 Å². The van der Waals surface area contributed by atoms with Crippen molar-refractivity contribution in [1.82, 2.24) is 29.4 Å². The van der Waals surface area contributed by atoms with Crippen LogP contribution >= 0.6 is 0 Å². The molecular formula is C22H22N6O2. The van der Waals surface area contributed by atoms with E-state index in [4.69, 9.17) is 0 Å². The maximum Gasteiger partial charge on any atom is 0.270 e. The van der Waals surface area contributed by atoms with Crippen LogP contribution in [0.5, 0.6) is 0 Å². The first-order valence-corrected chi connectivity index (χ1v) is 10.1. The molecule has 8 nitrogen and oxygen atoms in total. The minimum Gasteiger partial charge on any atom is -0.345 e. The fraction of sp³-hybridized carbons (Fsp3) is 0.273. The third-order valence-electron chi connectivity index (χ3n) is 5.50. The van der Waals surface area contributed by atoms with Crippen molar-refractivity contribution in [2.75, 3.05) is 0 Å². The second-order valence-electron chi connectivity index (χ2n) is 7.63. The molecule has 30 heavy (non-hydrogen) atoms. The first-order chi connectivity index (χ1) is 14.7. The van der Waals surface area contributed by atoms with Crippen LogP contribution in [0.15, 0.2) is 59.8 Å². The molecule has 0 saturated heterocycles. The Labute approximate surface area is 172 Å². The summed E-state index contributed by atoms with van der Waals surface area (Å²) >= 11 is 0. The van der Waals surface area contributed by atoms with Crippen molar-refractivity contribution >= 4 is 17.2 Å². The molecule has 0 atom stereocenters. The molecule has 0 radical (unpaired) electrons. The quantitative estimate of drug-likeness (QED) is 0.514. The lowest BCUT2D eigenvalue weighted by Crippen LogP contribution is -2.34. The minimum absolute atomic E-state index is 0.0966. The normalized spacial score (nSPS) is 14.1. The highest BCUT2D eigenvalue weighted by Gasteiger charge is 2.16. The Kier molecular flexibility index (Phi) is 4.76. The predicted molar refractivity (Wildman–Crippen MR) is 112 cm³/mol. The Morgan fingerprint density at radius 1 is 1.07 bits per heavy atom. The van der Waals surface area contributed by atoms with Crippen LogP contribution in [0.25, 0.3) is 11.3 Å². The fourth-order valence-electron chi connectivity index (χ4n) is 3.59. The van der Waals surface area contributed by atoms with Crippen molar-refractivity contribution in [1.29, 1.82) is 0 Å². The predicted octanol–water partition coefficient (Wildman–Crippen LogP) is 1.91. The number of rotatable bonds is 6. The number of carbonyl (C=O) groups excluding carboxylic acids is 1. The molecule has 1 fully saturated rings. The van der Waals surface area contributed by atoms with Crippen LogP contribution in [0.2, 0.25) is 0 Å². The van der Waals surface area contributed by atoms with Gasteiger partial charge in [-0.05, 0) is 36.6 Å². The number of aromatic nitrogens is 4. The highest BCUT2D eigenvalue weighted by molar-refractivity contribution is 5.92. The second-order valence-corrected chi connectivity index (χ2v) is 7.63. The molecular weight excluding hydrogens is 380 g/mol. The number of fused-ring (bicyclic) bond motifs is 2.